The summed E-state index contributed by atoms with van der Waals surface area (Å²) in [6.07, 6.45) is 7.81. The van der Waals surface area contributed by atoms with Crippen LogP contribution in [-0.4, -0.2) is 15.9 Å². The van der Waals surface area contributed by atoms with Crippen molar-refractivity contribution in [1.82, 2.24) is 9.38 Å². The van der Waals surface area contributed by atoms with Gasteiger partial charge in [0.1, 0.15) is 0 Å². The summed E-state index contributed by atoms with van der Waals surface area (Å²) in [7, 11) is 0. The molecular weight excluding hydrogens is 162 g/mol. The molecule has 0 fully saturated rings. The topological polar surface area (TPSA) is 43.3 Å². The molecule has 13 heavy (non-hydrogen) atoms. The Morgan fingerprint density at radius 1 is 1.46 bits per heavy atom. The van der Waals surface area contributed by atoms with Gasteiger partial charge in [0, 0.05) is 6.20 Å². The van der Waals surface area contributed by atoms with E-state index >= 15 is 0 Å². The van der Waals surface area contributed by atoms with Gasteiger partial charge in [0.15, 0.2) is 0 Å². The molecule has 0 saturated heterocycles. The van der Waals surface area contributed by atoms with E-state index in [4.69, 9.17) is 5.73 Å². The molecule has 0 radical (unpaired) electrons. The molecule has 0 aliphatic carbocycles. The number of hydrogen-bond acceptors (Lipinski definition) is 2. The van der Waals surface area contributed by atoms with Crippen LogP contribution in [-0.2, 0) is 6.42 Å². The van der Waals surface area contributed by atoms with Gasteiger partial charge in [0.05, 0.1) is 18.0 Å². The Kier molecular flexibility index (Phi) is 2.27. The zero-order valence-corrected chi connectivity index (χ0v) is 7.48. The Hall–Kier alpha value is -1.35. The van der Waals surface area contributed by atoms with Crippen LogP contribution in [0.5, 0.6) is 0 Å². The highest BCUT2D eigenvalue weighted by Gasteiger charge is 1.95. The van der Waals surface area contributed by atoms with Crippen LogP contribution in [0.2, 0.25) is 0 Å². The van der Waals surface area contributed by atoms with Crippen molar-refractivity contribution in [2.75, 3.05) is 6.54 Å². The molecule has 0 bridgehead atoms. The van der Waals surface area contributed by atoms with E-state index < -0.39 is 0 Å². The van der Waals surface area contributed by atoms with Gasteiger partial charge in [-0.15, -0.1) is 0 Å². The molecule has 2 heterocycles. The fraction of sp³-hybridized carbons (Fsp3) is 0.300. The number of aryl methyl sites for hydroxylation is 1. The smallest absolute Gasteiger partial charge is 0.0991 e. The molecule has 0 saturated carbocycles. The van der Waals surface area contributed by atoms with Gasteiger partial charge in [0.2, 0.25) is 0 Å². The van der Waals surface area contributed by atoms with E-state index in [1.54, 1.807) is 0 Å². The lowest BCUT2D eigenvalue weighted by molar-refractivity contribution is 0.831. The van der Waals surface area contributed by atoms with Crippen LogP contribution >= 0.6 is 0 Å². The highest BCUT2D eigenvalue weighted by molar-refractivity contribution is 5.46. The molecule has 0 aromatic carbocycles. The highest BCUT2D eigenvalue weighted by Crippen LogP contribution is 2.07. The fourth-order valence-electron chi connectivity index (χ4n) is 1.43. The zero-order valence-electron chi connectivity index (χ0n) is 7.48. The van der Waals surface area contributed by atoms with Gasteiger partial charge in [-0.05, 0) is 37.1 Å². The highest BCUT2D eigenvalue weighted by atomic mass is 15.0. The van der Waals surface area contributed by atoms with Crippen LogP contribution in [0, 0.1) is 0 Å². The second-order valence-corrected chi connectivity index (χ2v) is 3.15. The summed E-state index contributed by atoms with van der Waals surface area (Å²) in [5.74, 6) is 0. The van der Waals surface area contributed by atoms with Crippen molar-refractivity contribution >= 4 is 5.52 Å². The summed E-state index contributed by atoms with van der Waals surface area (Å²) >= 11 is 0. The second kappa shape index (κ2) is 3.58. The summed E-state index contributed by atoms with van der Waals surface area (Å²) in [6.45, 7) is 0.754. The minimum atomic E-state index is 0.754. The third kappa shape index (κ3) is 1.70. The second-order valence-electron chi connectivity index (χ2n) is 3.15. The van der Waals surface area contributed by atoms with Crippen molar-refractivity contribution in [2.45, 2.75) is 12.8 Å². The predicted molar refractivity (Wildman–Crippen MR) is 52.6 cm³/mol. The Morgan fingerprint density at radius 2 is 2.38 bits per heavy atom. The maximum atomic E-state index is 5.45. The van der Waals surface area contributed by atoms with Gasteiger partial charge in [-0.3, -0.25) is 0 Å². The third-order valence-electron chi connectivity index (χ3n) is 2.15. The van der Waals surface area contributed by atoms with Crippen molar-refractivity contribution in [1.29, 1.82) is 0 Å². The normalized spacial score (nSPS) is 10.8. The summed E-state index contributed by atoms with van der Waals surface area (Å²) < 4.78 is 2.01. The first kappa shape index (κ1) is 8.26. The quantitative estimate of drug-likeness (QED) is 0.762. The van der Waals surface area contributed by atoms with Gasteiger partial charge in [0.25, 0.3) is 0 Å². The minimum absolute atomic E-state index is 0.754. The largest absolute Gasteiger partial charge is 0.330 e. The van der Waals surface area contributed by atoms with Crippen LogP contribution in [0.25, 0.3) is 5.52 Å². The molecule has 3 heteroatoms. The van der Waals surface area contributed by atoms with Crippen molar-refractivity contribution in [2.24, 2.45) is 5.73 Å². The average Bonchev–Trinajstić information content (AvgIpc) is 2.61. The molecule has 0 amide bonds. The Balaban J connectivity index is 2.26. The van der Waals surface area contributed by atoms with E-state index in [2.05, 4.69) is 17.1 Å². The molecule has 3 nitrogen and oxygen atoms in total. The minimum Gasteiger partial charge on any atom is -0.330 e. The number of aromatic nitrogens is 2. The lowest BCUT2D eigenvalue weighted by atomic mass is 10.1. The SMILES string of the molecule is NCCCc1ccn2cncc2c1. The van der Waals surface area contributed by atoms with Gasteiger partial charge >= 0.3 is 0 Å². The monoisotopic (exact) mass is 175 g/mol. The lowest BCUT2D eigenvalue weighted by Gasteiger charge is -2.00. The van der Waals surface area contributed by atoms with Crippen LogP contribution in [0.3, 0.4) is 0 Å². The number of nitrogens with zero attached hydrogens (tertiary/aromatic N) is 2. The number of rotatable bonds is 3. The first-order chi connectivity index (χ1) is 6.40. The summed E-state index contributed by atoms with van der Waals surface area (Å²) in [5.41, 5.74) is 7.93. The van der Waals surface area contributed by atoms with Crippen LogP contribution < -0.4 is 5.73 Å². The maximum absolute atomic E-state index is 5.45. The molecule has 0 unspecified atom stereocenters. The van der Waals surface area contributed by atoms with Crippen molar-refractivity contribution in [3.8, 4) is 0 Å². The summed E-state index contributed by atoms with van der Waals surface area (Å²) in [4.78, 5) is 4.06. The Morgan fingerprint density at radius 3 is 3.23 bits per heavy atom. The molecule has 2 aromatic heterocycles. The van der Waals surface area contributed by atoms with Crippen LogP contribution in [0.4, 0.5) is 0 Å². The van der Waals surface area contributed by atoms with E-state index in [1.165, 1.54) is 5.56 Å². The first-order valence-electron chi connectivity index (χ1n) is 4.51. The number of hydrogen-bond donors (Lipinski definition) is 1. The van der Waals surface area contributed by atoms with Crippen LogP contribution in [0.1, 0.15) is 12.0 Å². The number of fused-ring (bicyclic) bond motifs is 1. The Bertz CT molecular complexity index is 392. The molecule has 0 atom stereocenters. The average molecular weight is 175 g/mol. The van der Waals surface area contributed by atoms with E-state index in [0.29, 0.717) is 0 Å². The third-order valence-corrected chi connectivity index (χ3v) is 2.15. The first-order valence-corrected chi connectivity index (χ1v) is 4.51. The summed E-state index contributed by atoms with van der Waals surface area (Å²) in [6, 6.07) is 4.27. The van der Waals surface area contributed by atoms with Crippen molar-refractivity contribution in [3.05, 3.63) is 36.4 Å². The maximum Gasteiger partial charge on any atom is 0.0991 e. The molecule has 2 aromatic rings. The van der Waals surface area contributed by atoms with E-state index in [1.807, 2.05) is 23.1 Å². The van der Waals surface area contributed by atoms with Gasteiger partial charge in [-0.1, -0.05) is 0 Å². The molecular formula is C10H13N3. The zero-order chi connectivity index (χ0) is 9.10. The van der Waals surface area contributed by atoms with Crippen LogP contribution in [0.15, 0.2) is 30.9 Å². The molecule has 0 aliphatic rings. The molecule has 0 aliphatic heterocycles. The number of imidazole rings is 1. The predicted octanol–water partition coefficient (Wildman–Crippen LogP) is 1.23. The fourth-order valence-corrected chi connectivity index (χ4v) is 1.43. The van der Waals surface area contributed by atoms with Gasteiger partial charge < -0.3 is 10.1 Å². The molecule has 0 spiro atoms. The summed E-state index contributed by atoms with van der Waals surface area (Å²) in [5, 5.41) is 0. The standard InChI is InChI=1S/C10H13N3/c11-4-1-2-9-3-5-13-8-12-7-10(13)6-9/h3,5-8H,1-2,4,11H2. The number of pyridine rings is 1. The number of nitrogens with two attached hydrogens (primary N) is 1. The van der Waals surface area contributed by atoms with Gasteiger partial charge in [-0.2, -0.15) is 0 Å². The van der Waals surface area contributed by atoms with Gasteiger partial charge in [-0.25, -0.2) is 4.98 Å². The molecule has 2 rings (SSSR count). The lowest BCUT2D eigenvalue weighted by Crippen LogP contribution is -2.00. The van der Waals surface area contributed by atoms with E-state index in [-0.39, 0.29) is 0 Å². The van der Waals surface area contributed by atoms with E-state index in [9.17, 15) is 0 Å². The molecule has 2 N–H and O–H groups in total. The van der Waals surface area contributed by atoms with E-state index in [0.717, 1.165) is 24.9 Å². The van der Waals surface area contributed by atoms with Crippen molar-refractivity contribution in [3.63, 3.8) is 0 Å². The molecule has 68 valence electrons. The Labute approximate surface area is 77.2 Å². The van der Waals surface area contributed by atoms with Crippen molar-refractivity contribution < 1.29 is 0 Å².